The summed E-state index contributed by atoms with van der Waals surface area (Å²) in [6.07, 6.45) is 6.85. The summed E-state index contributed by atoms with van der Waals surface area (Å²) in [5, 5.41) is 5.88. The van der Waals surface area contributed by atoms with E-state index in [1.165, 1.54) is 25.3 Å². The van der Waals surface area contributed by atoms with Crippen LogP contribution in [0.3, 0.4) is 0 Å². The molecule has 1 saturated heterocycles. The lowest BCUT2D eigenvalue weighted by atomic mass is 9.96. The van der Waals surface area contributed by atoms with Crippen molar-refractivity contribution >= 4 is 11.9 Å². The Hall–Kier alpha value is -2.15. The number of carbonyl (C=O) groups excluding carboxylic acids is 2. The van der Waals surface area contributed by atoms with Crippen LogP contribution >= 0.6 is 0 Å². The van der Waals surface area contributed by atoms with E-state index in [1.54, 1.807) is 6.07 Å². The molecule has 1 aromatic carbocycles. The Morgan fingerprint density at radius 3 is 2.48 bits per heavy atom. The average Bonchev–Trinajstić information content (AvgIpc) is 2.74. The summed E-state index contributed by atoms with van der Waals surface area (Å²) in [5.74, 6) is -0.0453. The minimum absolute atomic E-state index is 0.119. The average molecular weight is 405 g/mol. The first-order valence-electron chi connectivity index (χ1n) is 10.9. The number of benzene rings is 1. The first-order valence-corrected chi connectivity index (χ1v) is 10.9. The smallest absolute Gasteiger partial charge is 0.315 e. The second-order valence-corrected chi connectivity index (χ2v) is 8.09. The number of piperazine rings is 1. The fourth-order valence-corrected chi connectivity index (χ4v) is 4.11. The first kappa shape index (κ1) is 21.6. The van der Waals surface area contributed by atoms with Crippen LogP contribution in [0.1, 0.15) is 50.5 Å². The highest BCUT2D eigenvalue weighted by molar-refractivity contribution is 5.76. The molecule has 2 N–H and O–H groups in total. The van der Waals surface area contributed by atoms with Crippen LogP contribution < -0.4 is 10.6 Å². The lowest BCUT2D eigenvalue weighted by Gasteiger charge is -2.35. The number of nitrogens with zero attached hydrogens (tertiary/aromatic N) is 2. The van der Waals surface area contributed by atoms with Crippen molar-refractivity contribution in [2.24, 2.45) is 0 Å². The zero-order chi connectivity index (χ0) is 20.5. The van der Waals surface area contributed by atoms with E-state index in [0.29, 0.717) is 50.6 Å². The molecule has 0 spiro atoms. The molecule has 3 amide bonds. The van der Waals surface area contributed by atoms with Crippen LogP contribution in [0.4, 0.5) is 9.18 Å². The third-order valence-electron chi connectivity index (χ3n) is 5.87. The van der Waals surface area contributed by atoms with E-state index in [1.807, 2.05) is 17.0 Å². The molecule has 29 heavy (non-hydrogen) atoms. The summed E-state index contributed by atoms with van der Waals surface area (Å²) in [7, 11) is 0. The molecule has 1 aliphatic heterocycles. The maximum Gasteiger partial charge on any atom is 0.315 e. The van der Waals surface area contributed by atoms with E-state index in [2.05, 4.69) is 15.5 Å². The molecule has 160 valence electrons. The van der Waals surface area contributed by atoms with Gasteiger partial charge in [-0.1, -0.05) is 37.5 Å². The van der Waals surface area contributed by atoms with Crippen LogP contribution in [0.5, 0.6) is 0 Å². The molecule has 0 bridgehead atoms. The predicted molar refractivity (Wildman–Crippen MR) is 111 cm³/mol. The zero-order valence-electron chi connectivity index (χ0n) is 17.2. The molecule has 1 aromatic rings. The van der Waals surface area contributed by atoms with Gasteiger partial charge in [-0.15, -0.1) is 0 Å². The number of urea groups is 1. The lowest BCUT2D eigenvalue weighted by Crippen LogP contribution is -2.48. The number of nitrogens with one attached hydrogen (secondary N) is 2. The number of carbonyl (C=O) groups is 2. The normalized spacial score (nSPS) is 18.4. The Morgan fingerprint density at radius 2 is 1.76 bits per heavy atom. The first-order chi connectivity index (χ1) is 14.1. The van der Waals surface area contributed by atoms with Gasteiger partial charge in [-0.05, 0) is 25.3 Å². The molecule has 1 heterocycles. The maximum absolute atomic E-state index is 13.8. The summed E-state index contributed by atoms with van der Waals surface area (Å²) in [4.78, 5) is 28.4. The van der Waals surface area contributed by atoms with E-state index < -0.39 is 0 Å². The number of amides is 3. The molecule has 7 heteroatoms. The number of hydrogen-bond donors (Lipinski definition) is 2. The summed E-state index contributed by atoms with van der Waals surface area (Å²) in [6, 6.07) is 7.02. The standard InChI is InChI=1S/C22H33FN4O2/c23-20-10-5-4-7-18(20)17-26-13-15-27(16-14-26)21(28)11-6-12-24-22(29)25-19-8-2-1-3-9-19/h4-5,7,10,19H,1-3,6,8-9,11-17H2,(H2,24,25,29). The van der Waals surface area contributed by atoms with Crippen molar-refractivity contribution in [3.63, 3.8) is 0 Å². The van der Waals surface area contributed by atoms with Gasteiger partial charge in [0.25, 0.3) is 0 Å². The van der Waals surface area contributed by atoms with E-state index >= 15 is 0 Å². The van der Waals surface area contributed by atoms with Gasteiger partial charge in [0.1, 0.15) is 5.82 Å². The minimum Gasteiger partial charge on any atom is -0.340 e. The van der Waals surface area contributed by atoms with Crippen molar-refractivity contribution < 1.29 is 14.0 Å². The Morgan fingerprint density at radius 1 is 1.03 bits per heavy atom. The summed E-state index contributed by atoms with van der Waals surface area (Å²) < 4.78 is 13.8. The van der Waals surface area contributed by atoms with E-state index in [4.69, 9.17) is 0 Å². The van der Waals surface area contributed by atoms with Crippen LogP contribution in [0.15, 0.2) is 24.3 Å². The van der Waals surface area contributed by atoms with Crippen LogP contribution in [0, 0.1) is 5.82 Å². The highest BCUT2D eigenvalue weighted by Gasteiger charge is 2.21. The van der Waals surface area contributed by atoms with E-state index in [-0.39, 0.29) is 17.8 Å². The van der Waals surface area contributed by atoms with Crippen LogP contribution in [0.25, 0.3) is 0 Å². The Bertz CT molecular complexity index is 671. The summed E-state index contributed by atoms with van der Waals surface area (Å²) >= 11 is 0. The topological polar surface area (TPSA) is 64.7 Å². The quantitative estimate of drug-likeness (QED) is 0.687. The molecule has 1 saturated carbocycles. The highest BCUT2D eigenvalue weighted by Crippen LogP contribution is 2.17. The Balaban J connectivity index is 1.28. The molecule has 0 atom stereocenters. The van der Waals surface area contributed by atoms with Gasteiger partial charge in [-0.25, -0.2) is 9.18 Å². The minimum atomic E-state index is -0.175. The van der Waals surface area contributed by atoms with Gasteiger partial charge in [-0.2, -0.15) is 0 Å². The second-order valence-electron chi connectivity index (χ2n) is 8.09. The second kappa shape index (κ2) is 11.1. The molecular weight excluding hydrogens is 371 g/mol. The number of halogens is 1. The SMILES string of the molecule is O=C(NCCCC(=O)N1CCN(Cc2ccccc2F)CC1)NC1CCCCC1. The van der Waals surface area contributed by atoms with Crippen molar-refractivity contribution in [3.05, 3.63) is 35.6 Å². The summed E-state index contributed by atoms with van der Waals surface area (Å²) in [5.41, 5.74) is 0.699. The van der Waals surface area contributed by atoms with Crippen molar-refractivity contribution in [1.82, 2.24) is 20.4 Å². The van der Waals surface area contributed by atoms with Crippen LogP contribution in [-0.2, 0) is 11.3 Å². The van der Waals surface area contributed by atoms with Gasteiger partial charge in [0.15, 0.2) is 0 Å². The van der Waals surface area contributed by atoms with Crippen molar-refractivity contribution in [1.29, 1.82) is 0 Å². The molecule has 0 unspecified atom stereocenters. The molecule has 6 nitrogen and oxygen atoms in total. The van der Waals surface area contributed by atoms with Gasteiger partial charge in [0, 0.05) is 57.3 Å². The van der Waals surface area contributed by atoms with Gasteiger partial charge >= 0.3 is 6.03 Å². The molecule has 3 rings (SSSR count). The van der Waals surface area contributed by atoms with Crippen LogP contribution in [0.2, 0.25) is 0 Å². The number of rotatable bonds is 7. The molecule has 1 aliphatic carbocycles. The van der Waals surface area contributed by atoms with Gasteiger partial charge in [0.2, 0.25) is 5.91 Å². The van der Waals surface area contributed by atoms with Crippen molar-refractivity contribution in [2.45, 2.75) is 57.5 Å². The highest BCUT2D eigenvalue weighted by atomic mass is 19.1. The van der Waals surface area contributed by atoms with Gasteiger partial charge in [-0.3, -0.25) is 9.69 Å². The Kier molecular flexibility index (Phi) is 8.28. The largest absolute Gasteiger partial charge is 0.340 e. The third kappa shape index (κ3) is 6.99. The fourth-order valence-electron chi connectivity index (χ4n) is 4.11. The third-order valence-corrected chi connectivity index (χ3v) is 5.87. The van der Waals surface area contributed by atoms with E-state index in [9.17, 15) is 14.0 Å². The lowest BCUT2D eigenvalue weighted by molar-refractivity contribution is -0.133. The number of hydrogen-bond acceptors (Lipinski definition) is 3. The molecule has 0 aromatic heterocycles. The van der Waals surface area contributed by atoms with E-state index in [0.717, 1.165) is 25.9 Å². The predicted octanol–water partition coefficient (Wildman–Crippen LogP) is 2.88. The van der Waals surface area contributed by atoms with Gasteiger partial charge < -0.3 is 15.5 Å². The van der Waals surface area contributed by atoms with Gasteiger partial charge in [0.05, 0.1) is 0 Å². The fraction of sp³-hybridized carbons (Fsp3) is 0.636. The molecule has 2 fully saturated rings. The maximum atomic E-state index is 13.8. The Labute approximate surface area is 172 Å². The van der Waals surface area contributed by atoms with Crippen LogP contribution in [-0.4, -0.2) is 60.5 Å². The zero-order valence-corrected chi connectivity index (χ0v) is 17.2. The van der Waals surface area contributed by atoms with Crippen molar-refractivity contribution in [2.75, 3.05) is 32.7 Å². The molecule has 0 radical (unpaired) electrons. The molecular formula is C22H33FN4O2. The monoisotopic (exact) mass is 404 g/mol. The molecule has 2 aliphatic rings. The van der Waals surface area contributed by atoms with Crippen molar-refractivity contribution in [3.8, 4) is 0 Å². The summed E-state index contributed by atoms with van der Waals surface area (Å²) in [6.45, 7) is 3.93.